The summed E-state index contributed by atoms with van der Waals surface area (Å²) in [5.41, 5.74) is 7.55. The predicted octanol–water partition coefficient (Wildman–Crippen LogP) is 4.43. The van der Waals surface area contributed by atoms with E-state index >= 15 is 0 Å². The first kappa shape index (κ1) is 16.6. The van der Waals surface area contributed by atoms with Gasteiger partial charge in [0.1, 0.15) is 5.82 Å². The van der Waals surface area contributed by atoms with Crippen LogP contribution in [0.25, 0.3) is 10.9 Å². The van der Waals surface area contributed by atoms with Gasteiger partial charge in [-0.25, -0.2) is 4.98 Å². The third-order valence-electron chi connectivity index (χ3n) is 3.44. The topological polar surface area (TPSA) is 54.0 Å². The molecule has 0 unspecified atom stereocenters. The predicted molar refractivity (Wildman–Crippen MR) is 100 cm³/mol. The molecule has 3 rings (SSSR count). The Morgan fingerprint density at radius 3 is 2.71 bits per heavy atom. The van der Waals surface area contributed by atoms with Crippen molar-refractivity contribution in [2.45, 2.75) is 11.8 Å². The summed E-state index contributed by atoms with van der Waals surface area (Å²) in [6, 6.07) is 17.2. The van der Waals surface area contributed by atoms with Gasteiger partial charge in [-0.3, -0.25) is 15.6 Å². The number of anilines is 1. The second kappa shape index (κ2) is 7.55. The van der Waals surface area contributed by atoms with Crippen LogP contribution in [0.3, 0.4) is 0 Å². The number of amides is 1. The van der Waals surface area contributed by atoms with E-state index in [-0.39, 0.29) is 5.91 Å². The number of thioether (sulfide) groups is 1. The molecule has 6 heteroatoms. The quantitative estimate of drug-likeness (QED) is 0.524. The first-order valence-corrected chi connectivity index (χ1v) is 8.78. The summed E-state index contributed by atoms with van der Waals surface area (Å²) in [4.78, 5) is 17.4. The van der Waals surface area contributed by atoms with E-state index in [4.69, 9.17) is 11.6 Å². The monoisotopic (exact) mass is 357 g/mol. The number of aryl methyl sites for hydroxylation is 1. The van der Waals surface area contributed by atoms with Crippen LogP contribution in [0.2, 0.25) is 5.02 Å². The summed E-state index contributed by atoms with van der Waals surface area (Å²) in [6.07, 6.45) is 0. The van der Waals surface area contributed by atoms with Crippen LogP contribution in [-0.2, 0) is 4.79 Å². The number of hydrazine groups is 1. The average Bonchev–Trinajstić information content (AvgIpc) is 2.59. The van der Waals surface area contributed by atoms with E-state index in [2.05, 4.69) is 15.8 Å². The van der Waals surface area contributed by atoms with E-state index in [1.807, 2.05) is 61.5 Å². The van der Waals surface area contributed by atoms with E-state index in [1.54, 1.807) is 0 Å². The molecule has 4 nitrogen and oxygen atoms in total. The Balaban J connectivity index is 1.57. The maximum atomic E-state index is 12.0. The fourth-order valence-corrected chi connectivity index (χ4v) is 3.09. The minimum absolute atomic E-state index is 0.123. The van der Waals surface area contributed by atoms with Crippen LogP contribution in [0, 0.1) is 6.92 Å². The van der Waals surface area contributed by atoms with E-state index < -0.39 is 0 Å². The number of nitrogens with one attached hydrogen (secondary N) is 2. The highest BCUT2D eigenvalue weighted by Gasteiger charge is 2.05. The Labute approximate surface area is 149 Å². The maximum Gasteiger partial charge on any atom is 0.248 e. The van der Waals surface area contributed by atoms with Crippen LogP contribution in [0.1, 0.15) is 5.56 Å². The number of fused-ring (bicyclic) bond motifs is 1. The Morgan fingerprint density at radius 1 is 1.17 bits per heavy atom. The number of pyridine rings is 1. The summed E-state index contributed by atoms with van der Waals surface area (Å²) in [6.45, 7) is 2.02. The molecule has 0 fully saturated rings. The molecular formula is C18H16ClN3OS. The molecule has 1 aromatic heterocycles. The SMILES string of the molecule is Cc1cc(NNC(=O)CSc2ccc(Cl)cc2)nc2ccccc12. The second-order valence-corrected chi connectivity index (χ2v) is 6.74. The van der Waals surface area contributed by atoms with Gasteiger partial charge in [-0.1, -0.05) is 29.8 Å². The number of para-hydroxylation sites is 1. The molecule has 0 spiro atoms. The van der Waals surface area contributed by atoms with Crippen LogP contribution in [0.5, 0.6) is 0 Å². The van der Waals surface area contributed by atoms with E-state index in [0.717, 1.165) is 21.4 Å². The van der Waals surface area contributed by atoms with Crippen molar-refractivity contribution >= 4 is 46.0 Å². The van der Waals surface area contributed by atoms with Crippen molar-refractivity contribution < 1.29 is 4.79 Å². The van der Waals surface area contributed by atoms with E-state index in [0.29, 0.717) is 16.6 Å². The van der Waals surface area contributed by atoms with Crippen molar-refractivity contribution in [2.75, 3.05) is 11.2 Å². The summed E-state index contributed by atoms with van der Waals surface area (Å²) in [5.74, 6) is 0.805. The van der Waals surface area contributed by atoms with Crippen LogP contribution in [0.4, 0.5) is 5.82 Å². The summed E-state index contributed by atoms with van der Waals surface area (Å²) in [7, 11) is 0. The second-order valence-electron chi connectivity index (χ2n) is 5.26. The Morgan fingerprint density at radius 2 is 1.92 bits per heavy atom. The van der Waals surface area contributed by atoms with Crippen molar-refractivity contribution in [3.8, 4) is 0 Å². The molecule has 0 saturated carbocycles. The highest BCUT2D eigenvalue weighted by molar-refractivity contribution is 8.00. The van der Waals surface area contributed by atoms with Gasteiger partial charge in [-0.05, 0) is 48.9 Å². The fourth-order valence-electron chi connectivity index (χ4n) is 2.26. The van der Waals surface area contributed by atoms with Gasteiger partial charge in [-0.15, -0.1) is 11.8 Å². The highest BCUT2D eigenvalue weighted by atomic mass is 35.5. The van der Waals surface area contributed by atoms with Crippen LogP contribution < -0.4 is 10.9 Å². The third-order valence-corrected chi connectivity index (χ3v) is 4.70. The lowest BCUT2D eigenvalue weighted by molar-refractivity contribution is -0.118. The Bertz CT molecular complexity index is 868. The number of hydrogen-bond donors (Lipinski definition) is 2. The molecule has 0 bridgehead atoms. The zero-order valence-corrected chi connectivity index (χ0v) is 14.6. The molecule has 1 amide bonds. The highest BCUT2D eigenvalue weighted by Crippen LogP contribution is 2.21. The number of carbonyl (C=O) groups excluding carboxylic acids is 1. The van der Waals surface area contributed by atoms with Gasteiger partial charge < -0.3 is 0 Å². The number of aromatic nitrogens is 1. The molecule has 0 aliphatic carbocycles. The standard InChI is InChI=1S/C18H16ClN3OS/c1-12-10-17(20-16-5-3-2-4-15(12)16)21-22-18(23)11-24-14-8-6-13(19)7-9-14/h2-10H,11H2,1H3,(H,20,21)(H,22,23). The molecule has 2 N–H and O–H groups in total. The smallest absolute Gasteiger partial charge is 0.248 e. The molecule has 0 aliphatic heterocycles. The van der Waals surface area contributed by atoms with E-state index in [1.165, 1.54) is 11.8 Å². The van der Waals surface area contributed by atoms with Gasteiger partial charge in [0.25, 0.3) is 0 Å². The molecule has 0 aliphatic rings. The molecule has 0 radical (unpaired) electrons. The summed E-state index contributed by atoms with van der Waals surface area (Å²) >= 11 is 7.29. The number of benzene rings is 2. The molecule has 24 heavy (non-hydrogen) atoms. The van der Waals surface area contributed by atoms with Gasteiger partial charge >= 0.3 is 0 Å². The number of carbonyl (C=O) groups is 1. The molecule has 0 saturated heterocycles. The normalized spacial score (nSPS) is 10.6. The zero-order valence-electron chi connectivity index (χ0n) is 13.0. The Hall–Kier alpha value is -2.24. The van der Waals surface area contributed by atoms with Crippen molar-refractivity contribution in [1.82, 2.24) is 10.4 Å². The van der Waals surface area contributed by atoms with Gasteiger partial charge in [-0.2, -0.15) is 0 Å². The van der Waals surface area contributed by atoms with Crippen molar-refractivity contribution in [3.05, 3.63) is 65.2 Å². The lowest BCUT2D eigenvalue weighted by Crippen LogP contribution is -2.31. The Kier molecular flexibility index (Phi) is 5.23. The third kappa shape index (κ3) is 4.19. The molecular weight excluding hydrogens is 342 g/mol. The minimum Gasteiger partial charge on any atom is -0.282 e. The summed E-state index contributed by atoms with van der Waals surface area (Å²) < 4.78 is 0. The first-order chi connectivity index (χ1) is 11.6. The molecule has 0 atom stereocenters. The summed E-state index contributed by atoms with van der Waals surface area (Å²) in [5, 5.41) is 1.79. The van der Waals surface area contributed by atoms with Gasteiger partial charge in [0, 0.05) is 15.3 Å². The van der Waals surface area contributed by atoms with Gasteiger partial charge in [0.05, 0.1) is 11.3 Å². The molecule has 1 heterocycles. The van der Waals surface area contributed by atoms with E-state index in [9.17, 15) is 4.79 Å². The van der Waals surface area contributed by atoms with Crippen LogP contribution in [-0.4, -0.2) is 16.6 Å². The number of nitrogens with zero attached hydrogens (tertiary/aromatic N) is 1. The molecule has 2 aromatic carbocycles. The van der Waals surface area contributed by atoms with Crippen molar-refractivity contribution in [2.24, 2.45) is 0 Å². The van der Waals surface area contributed by atoms with Crippen LogP contribution >= 0.6 is 23.4 Å². The lowest BCUT2D eigenvalue weighted by Gasteiger charge is -2.10. The molecule has 122 valence electrons. The fraction of sp³-hybridized carbons (Fsp3) is 0.111. The maximum absolute atomic E-state index is 12.0. The van der Waals surface area contributed by atoms with Crippen LogP contribution in [0.15, 0.2) is 59.5 Å². The number of halogens is 1. The molecule has 3 aromatic rings. The zero-order chi connectivity index (χ0) is 16.9. The first-order valence-electron chi connectivity index (χ1n) is 7.41. The van der Waals surface area contributed by atoms with Gasteiger partial charge in [0.2, 0.25) is 5.91 Å². The lowest BCUT2D eigenvalue weighted by atomic mass is 10.1. The van der Waals surface area contributed by atoms with Crippen molar-refractivity contribution in [1.29, 1.82) is 0 Å². The minimum atomic E-state index is -0.123. The number of rotatable bonds is 5. The number of hydrogen-bond acceptors (Lipinski definition) is 4. The van der Waals surface area contributed by atoms with Gasteiger partial charge in [0.15, 0.2) is 0 Å². The largest absolute Gasteiger partial charge is 0.282 e. The average molecular weight is 358 g/mol. The van der Waals surface area contributed by atoms with Crippen molar-refractivity contribution in [3.63, 3.8) is 0 Å².